The normalized spacial score (nSPS) is 12.0. The van der Waals surface area contributed by atoms with Gasteiger partial charge < -0.3 is 19.5 Å². The zero-order valence-electron chi connectivity index (χ0n) is 17.7. The monoisotopic (exact) mass is 408 g/mol. The summed E-state index contributed by atoms with van der Waals surface area (Å²) in [4.78, 5) is 35.4. The molecule has 1 amide bonds. The highest BCUT2D eigenvalue weighted by Gasteiger charge is 2.20. The smallest absolute Gasteiger partial charge is 0.407 e. The average molecular weight is 408 g/mol. The van der Waals surface area contributed by atoms with Gasteiger partial charge in [-0.1, -0.05) is 30.3 Å². The van der Waals surface area contributed by atoms with E-state index in [2.05, 4.69) is 10.6 Å². The topological polar surface area (TPSA) is 103 Å². The summed E-state index contributed by atoms with van der Waals surface area (Å²) in [7, 11) is 1.30. The molecule has 1 rings (SSSR count). The first-order valence-electron chi connectivity index (χ1n) is 9.69. The Balaban J connectivity index is 2.28. The van der Waals surface area contributed by atoms with Crippen LogP contribution in [0.3, 0.4) is 0 Å². The van der Waals surface area contributed by atoms with Crippen LogP contribution in [0.2, 0.25) is 0 Å². The summed E-state index contributed by atoms with van der Waals surface area (Å²) < 4.78 is 15.1. The molecule has 0 aliphatic rings. The summed E-state index contributed by atoms with van der Waals surface area (Å²) in [5, 5.41) is 5.54. The lowest BCUT2D eigenvalue weighted by molar-refractivity contribution is -0.146. The molecule has 29 heavy (non-hydrogen) atoms. The number of carbonyl (C=O) groups excluding carboxylic acids is 3. The highest BCUT2D eigenvalue weighted by atomic mass is 16.6. The highest BCUT2D eigenvalue weighted by molar-refractivity contribution is 5.77. The van der Waals surface area contributed by atoms with Crippen LogP contribution in [0, 0.1) is 0 Å². The first-order valence-corrected chi connectivity index (χ1v) is 9.69. The number of ether oxygens (including phenoxy) is 3. The number of nitrogens with one attached hydrogen (secondary N) is 2. The molecule has 0 bridgehead atoms. The Hall–Kier alpha value is -2.61. The van der Waals surface area contributed by atoms with Crippen LogP contribution in [-0.2, 0) is 30.4 Å². The number of esters is 2. The molecule has 0 radical (unpaired) electrons. The van der Waals surface area contributed by atoms with Gasteiger partial charge in [-0.05, 0) is 45.6 Å². The number of benzene rings is 1. The zero-order valence-corrected chi connectivity index (χ0v) is 17.7. The fraction of sp³-hybridized carbons (Fsp3) is 0.571. The summed E-state index contributed by atoms with van der Waals surface area (Å²) in [6, 6.07) is 8.73. The Morgan fingerprint density at radius 1 is 1.07 bits per heavy atom. The number of methoxy groups -OCH3 is 1. The molecule has 0 aliphatic heterocycles. The third-order valence-electron chi connectivity index (χ3n) is 3.81. The quantitative estimate of drug-likeness (QED) is 0.329. The molecule has 1 aromatic rings. The lowest BCUT2D eigenvalue weighted by Gasteiger charge is -2.20. The van der Waals surface area contributed by atoms with Crippen molar-refractivity contribution < 1.29 is 28.6 Å². The molecular weight excluding hydrogens is 376 g/mol. The van der Waals surface area contributed by atoms with Gasteiger partial charge in [0.2, 0.25) is 0 Å². The van der Waals surface area contributed by atoms with Crippen molar-refractivity contribution in [2.75, 3.05) is 20.2 Å². The molecular formula is C21H32N2O6. The molecule has 0 aromatic heterocycles. The Morgan fingerprint density at radius 3 is 2.38 bits per heavy atom. The summed E-state index contributed by atoms with van der Waals surface area (Å²) in [5.41, 5.74) is 0.349. The van der Waals surface area contributed by atoms with E-state index < -0.39 is 29.7 Å². The predicted molar refractivity (Wildman–Crippen MR) is 108 cm³/mol. The Labute approximate surface area is 172 Å². The van der Waals surface area contributed by atoms with E-state index in [1.807, 2.05) is 30.3 Å². The van der Waals surface area contributed by atoms with E-state index in [1.165, 1.54) is 7.11 Å². The standard InChI is InChI=1S/C21H32N2O6/c1-21(2,3)29-20(26)22-13-9-8-12-17(19(25)27-4)23-14-18(24)28-15-16-10-6-5-7-11-16/h5-7,10-11,17,23H,8-9,12-15H2,1-4H3,(H,22,26)/t17-/m1/s1. The van der Waals surface area contributed by atoms with Crippen LogP contribution in [0.5, 0.6) is 0 Å². The molecule has 0 fully saturated rings. The summed E-state index contributed by atoms with van der Waals surface area (Å²) >= 11 is 0. The van der Waals surface area contributed by atoms with E-state index in [-0.39, 0.29) is 13.2 Å². The van der Waals surface area contributed by atoms with E-state index >= 15 is 0 Å². The van der Waals surface area contributed by atoms with E-state index in [0.29, 0.717) is 25.8 Å². The molecule has 8 nitrogen and oxygen atoms in total. The van der Waals surface area contributed by atoms with Gasteiger partial charge in [-0.2, -0.15) is 0 Å². The number of hydrogen-bond acceptors (Lipinski definition) is 7. The maximum absolute atomic E-state index is 11.9. The first-order chi connectivity index (χ1) is 13.7. The van der Waals surface area contributed by atoms with Crippen molar-refractivity contribution in [1.29, 1.82) is 0 Å². The molecule has 0 unspecified atom stereocenters. The molecule has 0 aliphatic carbocycles. The maximum atomic E-state index is 11.9. The van der Waals surface area contributed by atoms with Crippen molar-refractivity contribution in [2.45, 2.75) is 58.3 Å². The van der Waals surface area contributed by atoms with Crippen molar-refractivity contribution >= 4 is 18.0 Å². The summed E-state index contributed by atoms with van der Waals surface area (Å²) in [5.74, 6) is -0.893. The van der Waals surface area contributed by atoms with Gasteiger partial charge >= 0.3 is 18.0 Å². The van der Waals surface area contributed by atoms with Crippen molar-refractivity contribution in [3.63, 3.8) is 0 Å². The summed E-state index contributed by atoms with van der Waals surface area (Å²) in [6.45, 7) is 5.91. The number of amides is 1. The lowest BCUT2D eigenvalue weighted by Crippen LogP contribution is -2.41. The van der Waals surface area contributed by atoms with Crippen molar-refractivity contribution in [1.82, 2.24) is 10.6 Å². The van der Waals surface area contributed by atoms with Crippen molar-refractivity contribution in [3.05, 3.63) is 35.9 Å². The number of unbranched alkanes of at least 4 members (excludes halogenated alkanes) is 1. The van der Waals surface area contributed by atoms with Crippen LogP contribution in [0.4, 0.5) is 4.79 Å². The van der Waals surface area contributed by atoms with Crippen LogP contribution in [-0.4, -0.2) is 49.9 Å². The minimum Gasteiger partial charge on any atom is -0.468 e. The fourth-order valence-electron chi connectivity index (χ4n) is 2.42. The second-order valence-electron chi connectivity index (χ2n) is 7.53. The number of hydrogen-bond donors (Lipinski definition) is 2. The van der Waals surface area contributed by atoms with E-state index in [1.54, 1.807) is 20.8 Å². The van der Waals surface area contributed by atoms with Gasteiger partial charge in [-0.25, -0.2) is 4.79 Å². The molecule has 2 N–H and O–H groups in total. The van der Waals surface area contributed by atoms with Gasteiger partial charge in [0.25, 0.3) is 0 Å². The maximum Gasteiger partial charge on any atom is 0.407 e. The second kappa shape index (κ2) is 12.8. The Kier molecular flexibility index (Phi) is 10.8. The Bertz CT molecular complexity index is 642. The molecule has 8 heteroatoms. The SMILES string of the molecule is COC(=O)[C@@H](CCCCNC(=O)OC(C)(C)C)NCC(=O)OCc1ccccc1. The van der Waals surface area contributed by atoms with Crippen LogP contribution in [0.1, 0.15) is 45.6 Å². The molecule has 1 aromatic carbocycles. The zero-order chi connectivity index (χ0) is 21.7. The van der Waals surface area contributed by atoms with E-state index in [0.717, 1.165) is 5.56 Å². The van der Waals surface area contributed by atoms with E-state index in [9.17, 15) is 14.4 Å². The fourth-order valence-corrected chi connectivity index (χ4v) is 2.42. The molecule has 162 valence electrons. The minimum atomic E-state index is -0.620. The van der Waals surface area contributed by atoms with E-state index in [4.69, 9.17) is 14.2 Å². The number of alkyl carbamates (subject to hydrolysis) is 1. The van der Waals surface area contributed by atoms with Gasteiger partial charge in [-0.15, -0.1) is 0 Å². The minimum absolute atomic E-state index is 0.0945. The van der Waals surface area contributed by atoms with Gasteiger partial charge in [0, 0.05) is 6.54 Å². The largest absolute Gasteiger partial charge is 0.468 e. The number of rotatable bonds is 11. The molecule has 1 atom stereocenters. The molecule has 0 saturated carbocycles. The number of carbonyl (C=O) groups is 3. The van der Waals surface area contributed by atoms with Crippen LogP contribution in [0.25, 0.3) is 0 Å². The van der Waals surface area contributed by atoms with Gasteiger partial charge in [-0.3, -0.25) is 14.9 Å². The highest BCUT2D eigenvalue weighted by Crippen LogP contribution is 2.07. The lowest BCUT2D eigenvalue weighted by atomic mass is 10.1. The van der Waals surface area contributed by atoms with Crippen LogP contribution >= 0.6 is 0 Å². The molecule has 0 spiro atoms. The van der Waals surface area contributed by atoms with Crippen LogP contribution < -0.4 is 10.6 Å². The third kappa shape index (κ3) is 11.7. The van der Waals surface area contributed by atoms with Gasteiger partial charge in [0.1, 0.15) is 18.2 Å². The van der Waals surface area contributed by atoms with Crippen molar-refractivity contribution in [2.24, 2.45) is 0 Å². The molecule has 0 saturated heterocycles. The predicted octanol–water partition coefficient (Wildman–Crippen LogP) is 2.56. The van der Waals surface area contributed by atoms with Gasteiger partial charge in [0.05, 0.1) is 13.7 Å². The second-order valence-corrected chi connectivity index (χ2v) is 7.53. The average Bonchev–Trinajstić information content (AvgIpc) is 2.67. The van der Waals surface area contributed by atoms with Crippen LogP contribution in [0.15, 0.2) is 30.3 Å². The third-order valence-corrected chi connectivity index (χ3v) is 3.81. The first kappa shape index (κ1) is 24.4. The van der Waals surface area contributed by atoms with Gasteiger partial charge in [0.15, 0.2) is 0 Å². The molecule has 0 heterocycles. The van der Waals surface area contributed by atoms with Crippen molar-refractivity contribution in [3.8, 4) is 0 Å². The Morgan fingerprint density at radius 2 is 1.76 bits per heavy atom. The summed E-state index contributed by atoms with van der Waals surface area (Å²) in [6.07, 6.45) is 1.31.